The van der Waals surface area contributed by atoms with E-state index in [4.69, 9.17) is 5.73 Å². The van der Waals surface area contributed by atoms with E-state index < -0.39 is 0 Å². The number of ether oxygens (including phenoxy) is 1. The molecule has 2 aliphatic carbocycles. The van der Waals surface area contributed by atoms with E-state index in [1.807, 2.05) is 0 Å². The van der Waals surface area contributed by atoms with Crippen LogP contribution in [0.15, 0.2) is 0 Å². The summed E-state index contributed by atoms with van der Waals surface area (Å²) in [6.45, 7) is 0. The Bertz CT molecular complexity index is 207. The number of fused-ring (bicyclic) bond motifs is 1. The Hall–Kier alpha value is -0.570. The minimum Gasteiger partial charge on any atom is -0.469 e. The SMILES string of the molecule is COC(=O)C[C@H](N)C1CC2CC2C1. The lowest BCUT2D eigenvalue weighted by Crippen LogP contribution is -2.32. The molecular weight excluding hydrogens is 166 g/mol. The molecule has 74 valence electrons. The summed E-state index contributed by atoms with van der Waals surface area (Å²) >= 11 is 0. The zero-order chi connectivity index (χ0) is 9.42. The van der Waals surface area contributed by atoms with Gasteiger partial charge in [-0.2, -0.15) is 0 Å². The van der Waals surface area contributed by atoms with Crippen molar-refractivity contribution in [2.45, 2.75) is 31.7 Å². The average Bonchev–Trinajstić information content (AvgIpc) is 2.73. The van der Waals surface area contributed by atoms with Gasteiger partial charge in [-0.15, -0.1) is 0 Å². The van der Waals surface area contributed by atoms with Crippen LogP contribution in [0.1, 0.15) is 25.7 Å². The maximum absolute atomic E-state index is 11.0. The van der Waals surface area contributed by atoms with Gasteiger partial charge >= 0.3 is 5.97 Å². The van der Waals surface area contributed by atoms with Crippen molar-refractivity contribution in [2.75, 3.05) is 7.11 Å². The first kappa shape index (κ1) is 9.00. The van der Waals surface area contributed by atoms with Crippen LogP contribution in [0.3, 0.4) is 0 Å². The molecule has 0 radical (unpaired) electrons. The second-order valence-corrected chi connectivity index (χ2v) is 4.43. The number of hydrogen-bond acceptors (Lipinski definition) is 3. The molecule has 0 spiro atoms. The Morgan fingerprint density at radius 2 is 2.08 bits per heavy atom. The topological polar surface area (TPSA) is 52.3 Å². The van der Waals surface area contributed by atoms with E-state index in [-0.39, 0.29) is 12.0 Å². The molecule has 2 fully saturated rings. The van der Waals surface area contributed by atoms with Crippen molar-refractivity contribution >= 4 is 5.97 Å². The first-order valence-corrected chi connectivity index (χ1v) is 5.03. The fraction of sp³-hybridized carbons (Fsp3) is 0.900. The molecule has 0 bridgehead atoms. The number of rotatable bonds is 3. The normalized spacial score (nSPS) is 38.2. The fourth-order valence-electron chi connectivity index (χ4n) is 2.55. The van der Waals surface area contributed by atoms with Crippen molar-refractivity contribution < 1.29 is 9.53 Å². The maximum Gasteiger partial charge on any atom is 0.307 e. The third kappa shape index (κ3) is 1.85. The number of carbonyl (C=O) groups excluding carboxylic acids is 1. The van der Waals surface area contributed by atoms with Crippen molar-refractivity contribution in [1.82, 2.24) is 0 Å². The summed E-state index contributed by atoms with van der Waals surface area (Å²) in [4.78, 5) is 11.0. The number of methoxy groups -OCH3 is 1. The van der Waals surface area contributed by atoms with Gasteiger partial charge in [0.05, 0.1) is 13.5 Å². The second-order valence-electron chi connectivity index (χ2n) is 4.43. The molecule has 0 saturated heterocycles. The lowest BCUT2D eigenvalue weighted by Gasteiger charge is -2.19. The molecule has 0 aromatic heterocycles. The molecule has 13 heavy (non-hydrogen) atoms. The van der Waals surface area contributed by atoms with Gasteiger partial charge in [0.25, 0.3) is 0 Å². The highest BCUT2D eigenvalue weighted by molar-refractivity contribution is 5.69. The van der Waals surface area contributed by atoms with Gasteiger partial charge in [-0.25, -0.2) is 0 Å². The molecule has 0 aromatic rings. The van der Waals surface area contributed by atoms with E-state index in [1.165, 1.54) is 26.4 Å². The number of esters is 1. The minimum atomic E-state index is -0.173. The Balaban J connectivity index is 1.77. The predicted octanol–water partition coefficient (Wildman–Crippen LogP) is 0.923. The monoisotopic (exact) mass is 183 g/mol. The largest absolute Gasteiger partial charge is 0.469 e. The second kappa shape index (κ2) is 3.29. The van der Waals surface area contributed by atoms with Gasteiger partial charge in [0.2, 0.25) is 0 Å². The number of nitrogens with two attached hydrogens (primary N) is 1. The number of hydrogen-bond donors (Lipinski definition) is 1. The molecule has 3 atom stereocenters. The van der Waals surface area contributed by atoms with Crippen LogP contribution in [-0.4, -0.2) is 19.1 Å². The summed E-state index contributed by atoms with van der Waals surface area (Å²) in [5.41, 5.74) is 5.94. The fourth-order valence-corrected chi connectivity index (χ4v) is 2.55. The van der Waals surface area contributed by atoms with Gasteiger partial charge in [-0.05, 0) is 37.0 Å². The summed E-state index contributed by atoms with van der Waals surface area (Å²) < 4.78 is 4.60. The summed E-state index contributed by atoms with van der Waals surface area (Å²) in [7, 11) is 1.42. The predicted molar refractivity (Wildman–Crippen MR) is 48.9 cm³/mol. The molecule has 0 heterocycles. The van der Waals surface area contributed by atoms with E-state index >= 15 is 0 Å². The summed E-state index contributed by atoms with van der Waals surface area (Å²) in [6.07, 6.45) is 4.27. The molecule has 2 saturated carbocycles. The highest BCUT2D eigenvalue weighted by Gasteiger charge is 2.47. The summed E-state index contributed by atoms with van der Waals surface area (Å²) in [5, 5.41) is 0. The zero-order valence-electron chi connectivity index (χ0n) is 8.03. The number of carbonyl (C=O) groups is 1. The highest BCUT2D eigenvalue weighted by atomic mass is 16.5. The smallest absolute Gasteiger partial charge is 0.307 e. The van der Waals surface area contributed by atoms with Crippen molar-refractivity contribution in [2.24, 2.45) is 23.5 Å². The summed E-state index contributed by atoms with van der Waals surface area (Å²) in [6, 6.07) is 0.0280. The quantitative estimate of drug-likeness (QED) is 0.662. The van der Waals surface area contributed by atoms with Crippen LogP contribution >= 0.6 is 0 Å². The lowest BCUT2D eigenvalue weighted by molar-refractivity contribution is -0.141. The molecule has 2 rings (SSSR count). The van der Waals surface area contributed by atoms with Gasteiger partial charge in [0, 0.05) is 6.04 Å². The van der Waals surface area contributed by atoms with Crippen molar-refractivity contribution in [3.8, 4) is 0 Å². The van der Waals surface area contributed by atoms with E-state index in [0.717, 1.165) is 11.8 Å². The molecule has 0 aromatic carbocycles. The third-order valence-corrected chi connectivity index (χ3v) is 3.52. The first-order valence-electron chi connectivity index (χ1n) is 5.03. The van der Waals surface area contributed by atoms with E-state index in [0.29, 0.717) is 12.3 Å². The average molecular weight is 183 g/mol. The standard InChI is InChI=1S/C10H17NO2/c1-13-10(12)5-9(11)8-3-6-2-7(6)4-8/h6-9H,2-5,11H2,1H3/t6?,7?,8?,9-/m0/s1. The van der Waals surface area contributed by atoms with Crippen LogP contribution in [-0.2, 0) is 9.53 Å². The Morgan fingerprint density at radius 3 is 2.62 bits per heavy atom. The molecule has 0 aliphatic heterocycles. The van der Waals surface area contributed by atoms with Crippen molar-refractivity contribution in [3.05, 3.63) is 0 Å². The van der Waals surface area contributed by atoms with Crippen molar-refractivity contribution in [3.63, 3.8) is 0 Å². The van der Waals surface area contributed by atoms with Gasteiger partial charge in [0.15, 0.2) is 0 Å². The zero-order valence-corrected chi connectivity index (χ0v) is 8.03. The van der Waals surface area contributed by atoms with E-state index in [9.17, 15) is 4.79 Å². The molecule has 0 amide bonds. The van der Waals surface area contributed by atoms with Crippen LogP contribution in [0, 0.1) is 17.8 Å². The maximum atomic E-state index is 11.0. The van der Waals surface area contributed by atoms with Gasteiger partial charge in [0.1, 0.15) is 0 Å². The van der Waals surface area contributed by atoms with Crippen LogP contribution in [0.5, 0.6) is 0 Å². The Morgan fingerprint density at radius 1 is 1.46 bits per heavy atom. The lowest BCUT2D eigenvalue weighted by atomic mass is 9.93. The van der Waals surface area contributed by atoms with Crippen molar-refractivity contribution in [1.29, 1.82) is 0 Å². The molecule has 2 unspecified atom stereocenters. The molecular formula is C10H17NO2. The highest BCUT2D eigenvalue weighted by Crippen LogP contribution is 2.55. The van der Waals surface area contributed by atoms with Crippen LogP contribution in [0.25, 0.3) is 0 Å². The van der Waals surface area contributed by atoms with Crippen LogP contribution < -0.4 is 5.73 Å². The molecule has 2 aliphatic rings. The molecule has 3 nitrogen and oxygen atoms in total. The third-order valence-electron chi connectivity index (χ3n) is 3.52. The van der Waals surface area contributed by atoms with Gasteiger partial charge in [-0.1, -0.05) is 0 Å². The van der Waals surface area contributed by atoms with Crippen LogP contribution in [0.4, 0.5) is 0 Å². The first-order chi connectivity index (χ1) is 6.20. The summed E-state index contributed by atoms with van der Waals surface area (Å²) in [5.74, 6) is 2.28. The molecule has 3 heteroatoms. The van der Waals surface area contributed by atoms with E-state index in [1.54, 1.807) is 0 Å². The van der Waals surface area contributed by atoms with Gasteiger partial charge in [-0.3, -0.25) is 4.79 Å². The van der Waals surface area contributed by atoms with Crippen LogP contribution in [0.2, 0.25) is 0 Å². The van der Waals surface area contributed by atoms with Gasteiger partial charge < -0.3 is 10.5 Å². The molecule has 2 N–H and O–H groups in total. The minimum absolute atomic E-state index is 0.0280. The van der Waals surface area contributed by atoms with E-state index in [2.05, 4.69) is 4.74 Å². The Kier molecular flexibility index (Phi) is 2.28. The Labute approximate surface area is 78.6 Å².